The number of halogens is 2. The maximum Gasteiger partial charge on any atom is 0.271 e. The summed E-state index contributed by atoms with van der Waals surface area (Å²) in [7, 11) is 0. The Bertz CT molecular complexity index is 1130. The summed E-state index contributed by atoms with van der Waals surface area (Å²) in [5.74, 6) is -0.795. The molecule has 0 aliphatic rings. The highest BCUT2D eigenvalue weighted by molar-refractivity contribution is 6.47. The van der Waals surface area contributed by atoms with Crippen LogP contribution in [-0.4, -0.2) is 23.2 Å². The van der Waals surface area contributed by atoms with Gasteiger partial charge in [0.25, 0.3) is 11.8 Å². The summed E-state index contributed by atoms with van der Waals surface area (Å²) in [6.45, 7) is 1.68. The van der Waals surface area contributed by atoms with Crippen LogP contribution in [0.15, 0.2) is 89.1 Å². The van der Waals surface area contributed by atoms with Crippen molar-refractivity contribution < 1.29 is 9.59 Å². The summed E-state index contributed by atoms with van der Waals surface area (Å²) in [6.07, 6.45) is 0. The van der Waals surface area contributed by atoms with Crippen LogP contribution < -0.4 is 10.9 Å². The van der Waals surface area contributed by atoms with Gasteiger partial charge in [0.2, 0.25) is 0 Å². The van der Waals surface area contributed by atoms with Gasteiger partial charge in [0, 0.05) is 26.7 Å². The summed E-state index contributed by atoms with van der Waals surface area (Å²) < 4.78 is 0. The molecule has 0 unspecified atom stereocenters. The third-order valence-electron chi connectivity index (χ3n) is 4.20. The molecule has 0 fully saturated rings. The number of carbonyl (C=O) groups excluding carboxylic acids is 2. The monoisotopic (exact) mass is 452 g/mol. The second-order valence-electron chi connectivity index (χ2n) is 6.42. The summed E-state index contributed by atoms with van der Waals surface area (Å²) in [5, 5.41) is 9.45. The van der Waals surface area contributed by atoms with E-state index in [1.54, 1.807) is 55.5 Å². The molecule has 31 heavy (non-hydrogen) atoms. The van der Waals surface area contributed by atoms with Crippen molar-refractivity contribution in [1.29, 1.82) is 0 Å². The number of nitrogens with one attached hydrogen (secondary N) is 2. The van der Waals surface area contributed by atoms with Gasteiger partial charge in [0.05, 0.1) is 5.71 Å². The van der Waals surface area contributed by atoms with Crippen molar-refractivity contribution in [2.24, 2.45) is 10.2 Å². The van der Waals surface area contributed by atoms with Crippen LogP contribution >= 0.6 is 23.2 Å². The van der Waals surface area contributed by atoms with Crippen molar-refractivity contribution >= 4 is 46.4 Å². The van der Waals surface area contributed by atoms with Gasteiger partial charge in [0.1, 0.15) is 5.71 Å². The number of hydrogen-bond acceptors (Lipinski definition) is 4. The van der Waals surface area contributed by atoms with E-state index in [9.17, 15) is 9.59 Å². The lowest BCUT2D eigenvalue weighted by Gasteiger charge is -2.08. The first kappa shape index (κ1) is 22.2. The minimum Gasteiger partial charge on any atom is -0.267 e. The van der Waals surface area contributed by atoms with Crippen molar-refractivity contribution in [2.45, 2.75) is 6.92 Å². The molecule has 0 aliphatic carbocycles. The molecule has 0 saturated carbocycles. The first-order valence-corrected chi connectivity index (χ1v) is 9.99. The van der Waals surface area contributed by atoms with Gasteiger partial charge in [-0.25, -0.2) is 10.9 Å². The highest BCUT2D eigenvalue weighted by atomic mass is 35.5. The molecule has 2 N–H and O–H groups in total. The van der Waals surface area contributed by atoms with E-state index in [-0.39, 0.29) is 0 Å². The molecule has 0 atom stereocenters. The highest BCUT2D eigenvalue weighted by Gasteiger charge is 2.11. The van der Waals surface area contributed by atoms with E-state index in [1.165, 1.54) is 0 Å². The zero-order valence-electron chi connectivity index (χ0n) is 16.5. The predicted molar refractivity (Wildman–Crippen MR) is 124 cm³/mol. The van der Waals surface area contributed by atoms with Gasteiger partial charge in [-0.1, -0.05) is 53.5 Å². The molecule has 6 nitrogen and oxygen atoms in total. The number of nitrogens with zero attached hydrogens (tertiary/aromatic N) is 2. The Morgan fingerprint density at radius 3 is 1.58 bits per heavy atom. The molecular weight excluding hydrogens is 435 g/mol. The Labute approximate surface area is 189 Å². The maximum absolute atomic E-state index is 12.4. The molecule has 0 saturated heterocycles. The number of hydrogen-bond donors (Lipinski definition) is 2. The number of carbonyl (C=O) groups is 2. The van der Waals surface area contributed by atoms with Crippen LogP contribution in [-0.2, 0) is 0 Å². The smallest absolute Gasteiger partial charge is 0.267 e. The number of amides is 2. The molecule has 0 spiro atoms. The maximum atomic E-state index is 12.4. The zero-order valence-corrected chi connectivity index (χ0v) is 18.0. The molecule has 0 aromatic heterocycles. The Morgan fingerprint density at radius 2 is 1.10 bits per heavy atom. The lowest BCUT2D eigenvalue weighted by atomic mass is 10.1. The Kier molecular flexibility index (Phi) is 7.54. The molecule has 156 valence electrons. The Hall–Kier alpha value is -3.48. The Balaban J connectivity index is 1.81. The number of hydrazone groups is 2. The van der Waals surface area contributed by atoms with E-state index in [0.717, 1.165) is 5.56 Å². The minimum absolute atomic E-state index is 0.395. The molecule has 0 aliphatic heterocycles. The van der Waals surface area contributed by atoms with E-state index < -0.39 is 11.8 Å². The molecule has 0 heterocycles. The van der Waals surface area contributed by atoms with E-state index in [0.29, 0.717) is 32.6 Å². The quantitative estimate of drug-likeness (QED) is 0.410. The van der Waals surface area contributed by atoms with Gasteiger partial charge >= 0.3 is 0 Å². The van der Waals surface area contributed by atoms with Crippen LogP contribution in [0.1, 0.15) is 33.2 Å². The second kappa shape index (κ2) is 10.5. The van der Waals surface area contributed by atoms with Gasteiger partial charge in [-0.3, -0.25) is 9.59 Å². The summed E-state index contributed by atoms with van der Waals surface area (Å²) >= 11 is 11.7. The van der Waals surface area contributed by atoms with Crippen molar-refractivity contribution in [3.8, 4) is 0 Å². The van der Waals surface area contributed by atoms with E-state index in [4.69, 9.17) is 23.2 Å². The molecule has 2 amide bonds. The second-order valence-corrected chi connectivity index (χ2v) is 7.29. The molecule has 8 heteroatoms. The molecule has 3 aromatic rings. The molecule has 3 aromatic carbocycles. The highest BCUT2D eigenvalue weighted by Crippen LogP contribution is 2.11. The lowest BCUT2D eigenvalue weighted by molar-refractivity contribution is 0.0946. The predicted octanol–water partition coefficient (Wildman–Crippen LogP) is 4.93. The molecule has 0 bridgehead atoms. The van der Waals surface area contributed by atoms with Crippen LogP contribution in [0.3, 0.4) is 0 Å². The van der Waals surface area contributed by atoms with Crippen molar-refractivity contribution in [3.05, 3.63) is 106 Å². The fraction of sp³-hybridized carbons (Fsp3) is 0.0435. The van der Waals surface area contributed by atoms with Crippen molar-refractivity contribution in [3.63, 3.8) is 0 Å². The topological polar surface area (TPSA) is 82.9 Å². The number of rotatable bonds is 6. The molecular formula is C23H18Cl2N4O2. The van der Waals surface area contributed by atoms with Crippen LogP contribution in [0.4, 0.5) is 0 Å². The standard InChI is InChI=1S/C23H18Cl2N4O2/c1-15(26-28-22(30)17-7-11-19(24)12-8-17)21(16-5-3-2-4-6-16)27-29-23(31)18-9-13-20(25)14-10-18/h2-14H,1H3,(H,28,30)(H,29,31)/b26-15+,27-21-. The molecule has 3 rings (SSSR count). The summed E-state index contributed by atoms with van der Waals surface area (Å²) in [6, 6.07) is 22.1. The van der Waals surface area contributed by atoms with Gasteiger partial charge in [-0.05, 0) is 55.5 Å². The first-order valence-electron chi connectivity index (χ1n) is 9.23. The van der Waals surface area contributed by atoms with Crippen LogP contribution in [0, 0.1) is 0 Å². The lowest BCUT2D eigenvalue weighted by Crippen LogP contribution is -2.26. The number of benzene rings is 3. The van der Waals surface area contributed by atoms with Crippen molar-refractivity contribution in [1.82, 2.24) is 10.9 Å². The van der Waals surface area contributed by atoms with Gasteiger partial charge in [0.15, 0.2) is 0 Å². The Morgan fingerprint density at radius 1 is 0.645 bits per heavy atom. The normalized spacial score (nSPS) is 11.7. The first-order chi connectivity index (χ1) is 14.9. The third-order valence-corrected chi connectivity index (χ3v) is 4.70. The van der Waals surface area contributed by atoms with Crippen molar-refractivity contribution in [2.75, 3.05) is 0 Å². The minimum atomic E-state index is -0.400. The van der Waals surface area contributed by atoms with E-state index >= 15 is 0 Å². The van der Waals surface area contributed by atoms with Gasteiger partial charge in [-0.2, -0.15) is 10.2 Å². The van der Waals surface area contributed by atoms with E-state index in [1.807, 2.05) is 30.3 Å². The van der Waals surface area contributed by atoms with Gasteiger partial charge < -0.3 is 0 Å². The van der Waals surface area contributed by atoms with Gasteiger partial charge in [-0.15, -0.1) is 0 Å². The van der Waals surface area contributed by atoms with Crippen LogP contribution in [0.5, 0.6) is 0 Å². The largest absolute Gasteiger partial charge is 0.271 e. The SMILES string of the molecule is CC(=N\NC(=O)c1ccc(Cl)cc1)/C(=N/NC(=O)c1ccc(Cl)cc1)c1ccccc1. The summed E-state index contributed by atoms with van der Waals surface area (Å²) in [4.78, 5) is 24.7. The zero-order chi connectivity index (χ0) is 22.2. The fourth-order valence-electron chi connectivity index (χ4n) is 2.58. The van der Waals surface area contributed by atoms with Crippen LogP contribution in [0.2, 0.25) is 10.0 Å². The average molecular weight is 453 g/mol. The fourth-order valence-corrected chi connectivity index (χ4v) is 2.83. The van der Waals surface area contributed by atoms with Crippen LogP contribution in [0.25, 0.3) is 0 Å². The average Bonchev–Trinajstić information content (AvgIpc) is 2.79. The summed E-state index contributed by atoms with van der Waals surface area (Å²) in [5.41, 5.74) is 7.37. The third kappa shape index (κ3) is 6.25. The van der Waals surface area contributed by atoms with E-state index in [2.05, 4.69) is 21.1 Å². The molecule has 0 radical (unpaired) electrons.